The zero-order chi connectivity index (χ0) is 22.8. The Labute approximate surface area is 194 Å². The van der Waals surface area contributed by atoms with E-state index in [1.54, 1.807) is 0 Å². The number of rotatable bonds is 6. The zero-order valence-corrected chi connectivity index (χ0v) is 19.1. The highest BCUT2D eigenvalue weighted by Crippen LogP contribution is 2.47. The van der Waals surface area contributed by atoms with Gasteiger partial charge in [0.15, 0.2) is 0 Å². The predicted molar refractivity (Wildman–Crippen MR) is 123 cm³/mol. The van der Waals surface area contributed by atoms with Crippen LogP contribution in [-0.2, 0) is 9.53 Å². The van der Waals surface area contributed by atoms with Crippen molar-refractivity contribution >= 4 is 17.6 Å². The number of hydrogen-bond acceptors (Lipinski definition) is 5. The third-order valence-electron chi connectivity index (χ3n) is 7.58. The first-order valence-corrected chi connectivity index (χ1v) is 12.5. The summed E-state index contributed by atoms with van der Waals surface area (Å²) in [5.74, 6) is 0.778. The molecule has 2 heterocycles. The Kier molecular flexibility index (Phi) is 6.74. The van der Waals surface area contributed by atoms with Gasteiger partial charge in [-0.25, -0.2) is 4.79 Å². The number of fused-ring (bicyclic) bond motifs is 3. The molecular weight excluding hydrogens is 422 g/mol. The molecule has 2 saturated carbocycles. The first-order chi connectivity index (χ1) is 16.1. The average molecular weight is 458 g/mol. The first kappa shape index (κ1) is 22.5. The van der Waals surface area contributed by atoms with Crippen LogP contribution in [0, 0.1) is 0 Å². The van der Waals surface area contributed by atoms with Crippen LogP contribution >= 0.6 is 0 Å². The molecule has 2 aliphatic carbocycles. The van der Waals surface area contributed by atoms with Crippen molar-refractivity contribution in [3.8, 4) is 5.75 Å². The Balaban J connectivity index is 1.24. The second-order valence-corrected chi connectivity index (χ2v) is 9.99. The summed E-state index contributed by atoms with van der Waals surface area (Å²) in [6.07, 6.45) is 8.72. The molecule has 3 amide bonds. The molecule has 4 aliphatic rings. The summed E-state index contributed by atoms with van der Waals surface area (Å²) in [4.78, 5) is 25.0. The Hall–Kier alpha value is -2.32. The van der Waals surface area contributed by atoms with Gasteiger partial charge in [-0.3, -0.25) is 4.79 Å². The van der Waals surface area contributed by atoms with Crippen LogP contribution in [0.25, 0.3) is 0 Å². The van der Waals surface area contributed by atoms with E-state index in [4.69, 9.17) is 9.47 Å². The van der Waals surface area contributed by atoms with Gasteiger partial charge < -0.3 is 30.5 Å². The summed E-state index contributed by atoms with van der Waals surface area (Å²) in [7, 11) is 0. The minimum atomic E-state index is -0.484. The van der Waals surface area contributed by atoms with Gasteiger partial charge in [-0.15, -0.1) is 0 Å². The number of ether oxygens (including phenoxy) is 2. The lowest BCUT2D eigenvalue weighted by Crippen LogP contribution is -2.47. The fraction of sp³-hybridized carbons (Fsp3) is 0.680. The molecule has 0 unspecified atom stereocenters. The molecule has 0 radical (unpaired) electrons. The molecule has 1 aromatic rings. The largest absolute Gasteiger partial charge is 0.487 e. The lowest BCUT2D eigenvalue weighted by Gasteiger charge is -2.37. The molecule has 0 spiro atoms. The summed E-state index contributed by atoms with van der Waals surface area (Å²) in [5.41, 5.74) is 1.72. The van der Waals surface area contributed by atoms with E-state index in [0.29, 0.717) is 6.42 Å². The molecule has 8 nitrogen and oxygen atoms in total. The molecule has 1 aromatic carbocycles. The minimum Gasteiger partial charge on any atom is -0.487 e. The quantitative estimate of drug-likeness (QED) is 0.525. The van der Waals surface area contributed by atoms with Crippen molar-refractivity contribution in [2.75, 3.05) is 11.9 Å². The number of aliphatic hydroxyl groups is 1. The van der Waals surface area contributed by atoms with Crippen LogP contribution in [-0.4, -0.2) is 54.0 Å². The van der Waals surface area contributed by atoms with Gasteiger partial charge in [0.1, 0.15) is 18.0 Å². The monoisotopic (exact) mass is 457 g/mol. The second kappa shape index (κ2) is 9.89. The van der Waals surface area contributed by atoms with Gasteiger partial charge in [0.2, 0.25) is 5.91 Å². The van der Waals surface area contributed by atoms with Crippen LogP contribution in [0.2, 0.25) is 0 Å². The van der Waals surface area contributed by atoms with Crippen molar-refractivity contribution in [1.29, 1.82) is 0 Å². The standard InChI is InChI=1S/C25H35N3O5/c29-14-22-24-20(12-18(32-22)13-23(30)26-15-5-1-2-6-15)19-11-17(9-10-21(19)33-24)28-25(31)27-16-7-3-4-8-16/h9-11,15-16,18,20,22,24,29H,1-8,12-14H2,(H,26,30)(H2,27,28,31)/t18-,20+,22+,24-/m1/s1. The van der Waals surface area contributed by atoms with Crippen molar-refractivity contribution in [3.05, 3.63) is 23.8 Å². The number of aliphatic hydroxyl groups excluding tert-OH is 1. The number of anilines is 1. The summed E-state index contributed by atoms with van der Waals surface area (Å²) in [6, 6.07) is 6.02. The normalized spacial score (nSPS) is 29.2. The number of urea groups is 1. The SMILES string of the molecule is O=C(C[C@H]1C[C@H]2c3cc(NC(=O)NC4CCCC4)ccc3O[C@H]2[C@H](CO)O1)NC1CCCC1. The maximum atomic E-state index is 12.6. The van der Waals surface area contributed by atoms with E-state index in [9.17, 15) is 14.7 Å². The van der Waals surface area contributed by atoms with E-state index in [0.717, 1.165) is 55.5 Å². The van der Waals surface area contributed by atoms with Crippen molar-refractivity contribution in [2.45, 2.75) is 101 Å². The molecule has 3 fully saturated rings. The fourth-order valence-electron chi connectivity index (χ4n) is 5.95. The molecule has 0 aromatic heterocycles. The number of amides is 3. The van der Waals surface area contributed by atoms with Gasteiger partial charge >= 0.3 is 6.03 Å². The highest BCUT2D eigenvalue weighted by molar-refractivity contribution is 5.89. The number of nitrogens with one attached hydrogen (secondary N) is 3. The Morgan fingerprint density at radius 3 is 2.39 bits per heavy atom. The van der Waals surface area contributed by atoms with E-state index < -0.39 is 6.10 Å². The molecule has 4 N–H and O–H groups in total. The molecule has 33 heavy (non-hydrogen) atoms. The number of hydrogen-bond donors (Lipinski definition) is 4. The molecule has 2 aliphatic heterocycles. The summed E-state index contributed by atoms with van der Waals surface area (Å²) in [6.45, 7) is -0.162. The third-order valence-corrected chi connectivity index (χ3v) is 7.58. The molecule has 1 saturated heterocycles. The van der Waals surface area contributed by atoms with E-state index >= 15 is 0 Å². The van der Waals surface area contributed by atoms with E-state index in [2.05, 4.69) is 16.0 Å². The van der Waals surface area contributed by atoms with Gasteiger partial charge in [-0.2, -0.15) is 0 Å². The zero-order valence-electron chi connectivity index (χ0n) is 19.1. The van der Waals surface area contributed by atoms with Gasteiger partial charge in [-0.1, -0.05) is 25.7 Å². The fourth-order valence-corrected chi connectivity index (χ4v) is 5.95. The highest BCUT2D eigenvalue weighted by atomic mass is 16.6. The Morgan fingerprint density at radius 2 is 1.70 bits per heavy atom. The Morgan fingerprint density at radius 1 is 1.00 bits per heavy atom. The Bertz CT molecular complexity index is 866. The van der Waals surface area contributed by atoms with Gasteiger partial charge in [0, 0.05) is 29.3 Å². The minimum absolute atomic E-state index is 0.00910. The first-order valence-electron chi connectivity index (χ1n) is 12.5. The van der Waals surface area contributed by atoms with Crippen molar-refractivity contribution in [3.63, 3.8) is 0 Å². The van der Waals surface area contributed by atoms with Crippen molar-refractivity contribution < 1.29 is 24.2 Å². The van der Waals surface area contributed by atoms with E-state index in [1.165, 1.54) is 12.8 Å². The lowest BCUT2D eigenvalue weighted by molar-refractivity contribution is -0.142. The smallest absolute Gasteiger partial charge is 0.319 e. The molecule has 4 atom stereocenters. The van der Waals surface area contributed by atoms with Crippen LogP contribution in [0.3, 0.4) is 0 Å². The predicted octanol–water partition coefficient (Wildman–Crippen LogP) is 3.19. The van der Waals surface area contributed by atoms with Crippen LogP contribution in [0.15, 0.2) is 18.2 Å². The number of carbonyl (C=O) groups is 2. The maximum Gasteiger partial charge on any atom is 0.319 e. The number of carbonyl (C=O) groups excluding carboxylic acids is 2. The van der Waals surface area contributed by atoms with E-state index in [1.807, 2.05) is 18.2 Å². The van der Waals surface area contributed by atoms with Crippen molar-refractivity contribution in [2.24, 2.45) is 0 Å². The van der Waals surface area contributed by atoms with Crippen LogP contribution in [0.4, 0.5) is 10.5 Å². The van der Waals surface area contributed by atoms with E-state index in [-0.39, 0.29) is 55.2 Å². The summed E-state index contributed by atoms with van der Waals surface area (Å²) < 4.78 is 12.2. The average Bonchev–Trinajstić information content (AvgIpc) is 3.55. The maximum absolute atomic E-state index is 12.6. The van der Waals surface area contributed by atoms with Crippen molar-refractivity contribution in [1.82, 2.24) is 10.6 Å². The van der Waals surface area contributed by atoms with Gasteiger partial charge in [-0.05, 0) is 50.3 Å². The second-order valence-electron chi connectivity index (χ2n) is 9.99. The van der Waals surface area contributed by atoms with Gasteiger partial charge in [0.25, 0.3) is 0 Å². The lowest BCUT2D eigenvalue weighted by atomic mass is 9.84. The highest BCUT2D eigenvalue weighted by Gasteiger charge is 2.46. The van der Waals surface area contributed by atoms with Crippen LogP contribution in [0.1, 0.15) is 75.7 Å². The molecular formula is C25H35N3O5. The summed E-state index contributed by atoms with van der Waals surface area (Å²) in [5, 5.41) is 19.1. The molecule has 0 bridgehead atoms. The van der Waals surface area contributed by atoms with Gasteiger partial charge in [0.05, 0.1) is 19.1 Å². The molecule has 180 valence electrons. The third kappa shape index (κ3) is 5.11. The topological polar surface area (TPSA) is 109 Å². The summed E-state index contributed by atoms with van der Waals surface area (Å²) >= 11 is 0. The molecule has 5 rings (SSSR count). The van der Waals surface area contributed by atoms with Crippen LogP contribution in [0.5, 0.6) is 5.75 Å². The molecule has 8 heteroatoms. The van der Waals surface area contributed by atoms with Crippen LogP contribution < -0.4 is 20.7 Å². The number of benzene rings is 1.